The van der Waals surface area contributed by atoms with Gasteiger partial charge in [0.25, 0.3) is 0 Å². The second kappa shape index (κ2) is 10.7. The maximum atomic E-state index is 13.9. The van der Waals surface area contributed by atoms with Gasteiger partial charge in [0, 0.05) is 19.3 Å². The molecule has 1 N–H and O–H groups in total. The number of nitrogens with zero attached hydrogens (tertiary/aromatic N) is 4. The number of carbonyl (C=O) groups excluding carboxylic acids is 2. The third-order valence-corrected chi connectivity index (χ3v) is 5.58. The summed E-state index contributed by atoms with van der Waals surface area (Å²) in [4.78, 5) is 28.9. The number of aryl methyl sites for hydroxylation is 1. The smallest absolute Gasteiger partial charge is 0.249 e. The Kier molecular flexibility index (Phi) is 7.29. The van der Waals surface area contributed by atoms with Crippen LogP contribution in [0.5, 0.6) is 0 Å². The fourth-order valence-electron chi connectivity index (χ4n) is 3.92. The van der Waals surface area contributed by atoms with Gasteiger partial charge in [-0.1, -0.05) is 65.9 Å². The number of carbonyl (C=O) groups is 2. The van der Waals surface area contributed by atoms with Gasteiger partial charge in [-0.05, 0) is 36.2 Å². The summed E-state index contributed by atoms with van der Waals surface area (Å²) >= 11 is 0. The zero-order valence-corrected chi connectivity index (χ0v) is 19.2. The molecule has 1 heterocycles. The van der Waals surface area contributed by atoms with Gasteiger partial charge in [-0.15, -0.1) is 5.10 Å². The molecule has 1 aromatic heterocycles. The van der Waals surface area contributed by atoms with Crippen LogP contribution in [0.25, 0.3) is 11.0 Å². The van der Waals surface area contributed by atoms with Crippen molar-refractivity contribution < 1.29 is 14.3 Å². The average molecular weight is 458 g/mol. The van der Waals surface area contributed by atoms with Crippen LogP contribution < -0.4 is 10.2 Å². The van der Waals surface area contributed by atoms with E-state index in [1.807, 2.05) is 85.8 Å². The van der Waals surface area contributed by atoms with E-state index in [1.54, 1.807) is 16.7 Å². The maximum absolute atomic E-state index is 13.9. The summed E-state index contributed by atoms with van der Waals surface area (Å²) in [7, 11) is 1.58. The molecule has 1 unspecified atom stereocenters. The number of benzene rings is 3. The molecule has 0 fully saturated rings. The Morgan fingerprint density at radius 3 is 2.47 bits per heavy atom. The molecule has 4 rings (SSSR count). The summed E-state index contributed by atoms with van der Waals surface area (Å²) in [6, 6.07) is 23.4. The lowest BCUT2D eigenvalue weighted by Crippen LogP contribution is -2.46. The van der Waals surface area contributed by atoms with E-state index >= 15 is 0 Å². The lowest BCUT2D eigenvalue weighted by molar-refractivity contribution is -0.127. The Labute approximate surface area is 198 Å². The monoisotopic (exact) mass is 457 g/mol. The predicted octanol–water partition coefficient (Wildman–Crippen LogP) is 3.28. The molecular formula is C26H27N5O3. The number of nitrogens with one attached hydrogen (secondary N) is 1. The highest BCUT2D eigenvalue weighted by Crippen LogP contribution is 2.31. The Morgan fingerprint density at radius 1 is 1.00 bits per heavy atom. The Morgan fingerprint density at radius 2 is 1.71 bits per heavy atom. The van der Waals surface area contributed by atoms with Crippen molar-refractivity contribution in [1.82, 2.24) is 20.3 Å². The minimum absolute atomic E-state index is 0.0659. The van der Waals surface area contributed by atoms with Crippen molar-refractivity contribution in [3.05, 3.63) is 90.0 Å². The van der Waals surface area contributed by atoms with E-state index < -0.39 is 6.04 Å². The minimum atomic E-state index is -0.874. The van der Waals surface area contributed by atoms with E-state index in [2.05, 4.69) is 15.6 Å². The van der Waals surface area contributed by atoms with Crippen LogP contribution in [-0.2, 0) is 20.9 Å². The number of aromatic nitrogens is 3. The molecule has 8 heteroatoms. The number of amides is 2. The number of rotatable bonds is 9. The molecule has 0 bridgehead atoms. The van der Waals surface area contributed by atoms with Crippen LogP contribution in [0.2, 0.25) is 0 Å². The number of ether oxygens (including phenoxy) is 1. The maximum Gasteiger partial charge on any atom is 0.249 e. The van der Waals surface area contributed by atoms with Crippen LogP contribution >= 0.6 is 0 Å². The van der Waals surface area contributed by atoms with Gasteiger partial charge in [-0.3, -0.25) is 14.5 Å². The predicted molar refractivity (Wildman–Crippen MR) is 130 cm³/mol. The number of methoxy groups -OCH3 is 1. The molecule has 0 aliphatic rings. The summed E-state index contributed by atoms with van der Waals surface area (Å²) < 4.78 is 6.65. The molecule has 1 atom stereocenters. The fraction of sp³-hybridized carbons (Fsp3) is 0.231. The van der Waals surface area contributed by atoms with Gasteiger partial charge >= 0.3 is 0 Å². The van der Waals surface area contributed by atoms with Gasteiger partial charge in [0.15, 0.2) is 0 Å². The molecule has 3 aromatic carbocycles. The van der Waals surface area contributed by atoms with Crippen molar-refractivity contribution in [1.29, 1.82) is 0 Å². The summed E-state index contributed by atoms with van der Waals surface area (Å²) in [5.41, 5.74) is 3.70. The number of fused-ring (bicyclic) bond motifs is 1. The first-order valence-electron chi connectivity index (χ1n) is 11.1. The zero-order valence-electron chi connectivity index (χ0n) is 19.2. The van der Waals surface area contributed by atoms with Gasteiger partial charge in [-0.2, -0.15) is 0 Å². The minimum Gasteiger partial charge on any atom is -0.383 e. The third kappa shape index (κ3) is 4.97. The molecule has 8 nitrogen and oxygen atoms in total. The van der Waals surface area contributed by atoms with Crippen LogP contribution in [0.4, 0.5) is 5.69 Å². The summed E-state index contributed by atoms with van der Waals surface area (Å²) in [5.74, 6) is -0.566. The molecule has 0 aliphatic carbocycles. The number of hydrogen-bond donors (Lipinski definition) is 1. The molecule has 0 saturated heterocycles. The van der Waals surface area contributed by atoms with Crippen LogP contribution in [0, 0.1) is 6.92 Å². The highest BCUT2D eigenvalue weighted by Gasteiger charge is 2.33. The zero-order chi connectivity index (χ0) is 23.9. The van der Waals surface area contributed by atoms with Crippen molar-refractivity contribution in [3.63, 3.8) is 0 Å². The lowest BCUT2D eigenvalue weighted by atomic mass is 10.0. The van der Waals surface area contributed by atoms with Gasteiger partial charge in [-0.25, -0.2) is 4.68 Å². The Balaban J connectivity index is 1.77. The molecule has 34 heavy (non-hydrogen) atoms. The molecule has 0 radical (unpaired) electrons. The standard InChI is InChI=1S/C26H27N5O3/c1-19-10-6-8-14-22(19)31(24(32)18-30-23-15-9-7-13-21(23)28-29-30)25(20-11-4-3-5-12-20)26(33)27-16-17-34-2/h3-15,25H,16-18H2,1-2H3,(H,27,33). The molecule has 0 aliphatic heterocycles. The molecule has 0 spiro atoms. The molecular weight excluding hydrogens is 430 g/mol. The van der Waals surface area contributed by atoms with Crippen molar-refractivity contribution >= 4 is 28.5 Å². The third-order valence-electron chi connectivity index (χ3n) is 5.58. The molecule has 174 valence electrons. The summed E-state index contributed by atoms with van der Waals surface area (Å²) in [6.07, 6.45) is 0. The summed E-state index contributed by atoms with van der Waals surface area (Å²) in [5, 5.41) is 11.2. The first kappa shape index (κ1) is 23.1. The van der Waals surface area contributed by atoms with Crippen LogP contribution in [0.3, 0.4) is 0 Å². The van der Waals surface area contributed by atoms with E-state index in [-0.39, 0.29) is 18.4 Å². The van der Waals surface area contributed by atoms with E-state index in [1.165, 1.54) is 0 Å². The highest BCUT2D eigenvalue weighted by atomic mass is 16.5. The Bertz CT molecular complexity index is 1270. The van der Waals surface area contributed by atoms with E-state index in [0.717, 1.165) is 11.1 Å². The largest absolute Gasteiger partial charge is 0.383 e. The van der Waals surface area contributed by atoms with E-state index in [9.17, 15) is 9.59 Å². The summed E-state index contributed by atoms with van der Waals surface area (Å²) in [6.45, 7) is 2.56. The molecule has 4 aromatic rings. The second-order valence-corrected chi connectivity index (χ2v) is 7.88. The molecule has 2 amide bonds. The van der Waals surface area contributed by atoms with Gasteiger partial charge in [0.2, 0.25) is 11.8 Å². The first-order valence-corrected chi connectivity index (χ1v) is 11.1. The Hall–Kier alpha value is -4.04. The van der Waals surface area contributed by atoms with Crippen LogP contribution in [0.1, 0.15) is 17.2 Å². The van der Waals surface area contributed by atoms with Crippen molar-refractivity contribution in [2.45, 2.75) is 19.5 Å². The van der Waals surface area contributed by atoms with Crippen LogP contribution in [-0.4, -0.2) is 47.1 Å². The number of hydrogen-bond acceptors (Lipinski definition) is 5. The van der Waals surface area contributed by atoms with E-state index in [4.69, 9.17) is 4.74 Å². The first-order chi connectivity index (χ1) is 16.6. The molecule has 0 saturated carbocycles. The average Bonchev–Trinajstić information content (AvgIpc) is 3.26. The van der Waals surface area contributed by atoms with Gasteiger partial charge in [0.1, 0.15) is 18.1 Å². The van der Waals surface area contributed by atoms with Crippen molar-refractivity contribution in [2.24, 2.45) is 0 Å². The van der Waals surface area contributed by atoms with E-state index in [0.29, 0.717) is 29.9 Å². The SMILES string of the molecule is COCCNC(=O)C(c1ccccc1)N(C(=O)Cn1nnc2ccccc21)c1ccccc1C. The van der Waals surface area contributed by atoms with Crippen molar-refractivity contribution in [3.8, 4) is 0 Å². The van der Waals surface area contributed by atoms with Crippen molar-refractivity contribution in [2.75, 3.05) is 25.2 Å². The second-order valence-electron chi connectivity index (χ2n) is 7.88. The van der Waals surface area contributed by atoms with Gasteiger partial charge < -0.3 is 10.1 Å². The van der Waals surface area contributed by atoms with Gasteiger partial charge in [0.05, 0.1) is 12.1 Å². The normalized spacial score (nSPS) is 11.8. The fourth-order valence-corrected chi connectivity index (χ4v) is 3.92. The number of para-hydroxylation sites is 2. The van der Waals surface area contributed by atoms with Crippen LogP contribution in [0.15, 0.2) is 78.9 Å². The quantitative estimate of drug-likeness (QED) is 0.390. The number of anilines is 1. The lowest BCUT2D eigenvalue weighted by Gasteiger charge is -2.32. The highest BCUT2D eigenvalue weighted by molar-refractivity contribution is 6.02. The topological polar surface area (TPSA) is 89.4 Å².